The lowest BCUT2D eigenvalue weighted by atomic mass is 10.1. The van der Waals surface area contributed by atoms with Crippen LogP contribution in [-0.4, -0.2) is 11.9 Å². The number of nitrogens with one attached hydrogen (secondary N) is 1. The predicted octanol–water partition coefficient (Wildman–Crippen LogP) is 1.19. The summed E-state index contributed by atoms with van der Waals surface area (Å²) in [5.41, 5.74) is -0.317. The number of carboxylic acids is 1. The lowest BCUT2D eigenvalue weighted by Gasteiger charge is -2.10. The van der Waals surface area contributed by atoms with Gasteiger partial charge in [0.25, 0.3) is 5.91 Å². The molecule has 1 heterocycles. The Bertz CT molecular complexity index is 739. The first-order valence-electron chi connectivity index (χ1n) is 5.89. The van der Waals surface area contributed by atoms with Gasteiger partial charge in [-0.1, -0.05) is 18.2 Å². The van der Waals surface area contributed by atoms with E-state index in [4.69, 9.17) is 9.68 Å². The molecule has 0 saturated carbocycles. The number of benzene rings is 1. The molecule has 0 spiro atoms. The van der Waals surface area contributed by atoms with Crippen LogP contribution in [0.3, 0.4) is 0 Å². The van der Waals surface area contributed by atoms with Crippen LogP contribution in [0.15, 0.2) is 52.7 Å². The molecular formula is C15H9N2O4-. The number of aromatic carboxylic acids is 1. The molecular weight excluding hydrogens is 272 g/mol. The van der Waals surface area contributed by atoms with Crippen molar-refractivity contribution in [2.45, 2.75) is 0 Å². The van der Waals surface area contributed by atoms with Crippen molar-refractivity contribution in [2.75, 3.05) is 5.32 Å². The number of carboxylic acid groups (broad SMARTS) is 1. The maximum absolute atomic E-state index is 12.0. The minimum atomic E-state index is -1.42. The van der Waals surface area contributed by atoms with E-state index in [2.05, 4.69) is 5.32 Å². The third-order valence-electron chi connectivity index (χ3n) is 2.59. The molecule has 0 saturated heterocycles. The van der Waals surface area contributed by atoms with Crippen LogP contribution in [0.5, 0.6) is 0 Å². The molecule has 0 atom stereocenters. The van der Waals surface area contributed by atoms with Gasteiger partial charge in [0, 0.05) is 11.6 Å². The summed E-state index contributed by atoms with van der Waals surface area (Å²) in [5, 5.41) is 22.3. The van der Waals surface area contributed by atoms with Crippen LogP contribution < -0.4 is 10.4 Å². The number of nitrogens with zero attached hydrogens (tertiary/aromatic N) is 1. The van der Waals surface area contributed by atoms with Gasteiger partial charge in [0.2, 0.25) is 0 Å². The van der Waals surface area contributed by atoms with Crippen molar-refractivity contribution in [2.24, 2.45) is 0 Å². The highest BCUT2D eigenvalue weighted by molar-refractivity contribution is 6.11. The molecule has 21 heavy (non-hydrogen) atoms. The SMILES string of the molecule is N#CC(=Cc1ccco1)C(=O)Nc1ccccc1C(=O)[O-]. The van der Waals surface area contributed by atoms with Crippen molar-refractivity contribution in [1.82, 2.24) is 0 Å². The van der Waals surface area contributed by atoms with Crippen LogP contribution in [-0.2, 0) is 4.79 Å². The second-order valence-electron chi connectivity index (χ2n) is 3.97. The molecule has 104 valence electrons. The summed E-state index contributed by atoms with van der Waals surface area (Å²) in [6.07, 6.45) is 2.67. The van der Waals surface area contributed by atoms with Crippen LogP contribution in [0.4, 0.5) is 5.69 Å². The van der Waals surface area contributed by atoms with E-state index in [9.17, 15) is 14.7 Å². The van der Waals surface area contributed by atoms with E-state index in [1.165, 1.54) is 30.5 Å². The molecule has 1 amide bonds. The van der Waals surface area contributed by atoms with Gasteiger partial charge in [0.05, 0.1) is 17.9 Å². The molecule has 0 aliphatic carbocycles. The Morgan fingerprint density at radius 2 is 2.00 bits per heavy atom. The van der Waals surface area contributed by atoms with Crippen molar-refractivity contribution in [1.29, 1.82) is 5.26 Å². The Balaban J connectivity index is 2.25. The predicted molar refractivity (Wildman–Crippen MR) is 71.7 cm³/mol. The Hall–Kier alpha value is -3.33. The first-order chi connectivity index (χ1) is 10.1. The topological polar surface area (TPSA) is 106 Å². The van der Waals surface area contributed by atoms with E-state index >= 15 is 0 Å². The van der Waals surface area contributed by atoms with E-state index in [1.807, 2.05) is 0 Å². The van der Waals surface area contributed by atoms with E-state index < -0.39 is 11.9 Å². The molecule has 1 N–H and O–H groups in total. The van der Waals surface area contributed by atoms with Crippen molar-refractivity contribution in [3.05, 3.63) is 59.6 Å². The molecule has 2 rings (SSSR count). The molecule has 0 bridgehead atoms. The van der Waals surface area contributed by atoms with Crippen molar-refractivity contribution in [3.8, 4) is 6.07 Å². The smallest absolute Gasteiger partial charge is 0.266 e. The quantitative estimate of drug-likeness (QED) is 0.669. The fourth-order valence-electron chi connectivity index (χ4n) is 1.62. The summed E-state index contributed by atoms with van der Waals surface area (Å²) in [6, 6.07) is 10.7. The molecule has 2 aromatic rings. The van der Waals surface area contributed by atoms with Crippen LogP contribution in [0.25, 0.3) is 6.08 Å². The Morgan fingerprint density at radius 1 is 1.24 bits per heavy atom. The van der Waals surface area contributed by atoms with Crippen molar-refractivity contribution >= 4 is 23.6 Å². The third-order valence-corrected chi connectivity index (χ3v) is 2.59. The molecule has 6 nitrogen and oxygen atoms in total. The second-order valence-corrected chi connectivity index (χ2v) is 3.97. The Labute approximate surface area is 119 Å². The Morgan fingerprint density at radius 3 is 2.62 bits per heavy atom. The zero-order chi connectivity index (χ0) is 15.2. The number of nitriles is 1. The number of amides is 1. The number of anilines is 1. The third kappa shape index (κ3) is 3.36. The molecule has 0 radical (unpaired) electrons. The molecule has 6 heteroatoms. The van der Waals surface area contributed by atoms with Gasteiger partial charge in [-0.15, -0.1) is 0 Å². The number of carbonyl (C=O) groups excluding carboxylic acids is 2. The summed E-state index contributed by atoms with van der Waals surface area (Å²) in [5.74, 6) is -1.81. The number of para-hydroxylation sites is 1. The lowest BCUT2D eigenvalue weighted by molar-refractivity contribution is -0.254. The average molecular weight is 281 g/mol. The molecule has 1 aromatic carbocycles. The number of hydrogen-bond donors (Lipinski definition) is 1. The molecule has 0 fully saturated rings. The summed E-state index contributed by atoms with van der Waals surface area (Å²) in [7, 11) is 0. The zero-order valence-electron chi connectivity index (χ0n) is 10.7. The second kappa shape index (κ2) is 6.21. The zero-order valence-corrected chi connectivity index (χ0v) is 10.7. The van der Waals surface area contributed by atoms with E-state index in [0.29, 0.717) is 5.76 Å². The van der Waals surface area contributed by atoms with Gasteiger partial charge < -0.3 is 19.6 Å². The van der Waals surface area contributed by atoms with Gasteiger partial charge in [0.1, 0.15) is 17.4 Å². The van der Waals surface area contributed by atoms with E-state index in [1.54, 1.807) is 24.3 Å². The van der Waals surface area contributed by atoms with Gasteiger partial charge in [-0.25, -0.2) is 0 Å². The first kappa shape index (κ1) is 14.1. The van der Waals surface area contributed by atoms with Crippen LogP contribution >= 0.6 is 0 Å². The maximum Gasteiger partial charge on any atom is 0.266 e. The number of rotatable bonds is 4. The van der Waals surface area contributed by atoms with E-state index in [0.717, 1.165) is 0 Å². The largest absolute Gasteiger partial charge is 0.545 e. The molecule has 0 unspecified atom stereocenters. The lowest BCUT2D eigenvalue weighted by Crippen LogP contribution is -2.25. The first-order valence-corrected chi connectivity index (χ1v) is 5.89. The monoisotopic (exact) mass is 281 g/mol. The van der Waals surface area contributed by atoms with Crippen LogP contribution in [0.1, 0.15) is 16.1 Å². The average Bonchev–Trinajstić information content (AvgIpc) is 2.98. The normalized spacial score (nSPS) is 10.7. The summed E-state index contributed by atoms with van der Waals surface area (Å²) in [6.45, 7) is 0. The summed E-state index contributed by atoms with van der Waals surface area (Å²) >= 11 is 0. The minimum Gasteiger partial charge on any atom is -0.545 e. The maximum atomic E-state index is 12.0. The number of furan rings is 1. The van der Waals surface area contributed by atoms with Gasteiger partial charge in [-0.2, -0.15) is 5.26 Å². The minimum absolute atomic E-state index is 0.0584. The summed E-state index contributed by atoms with van der Waals surface area (Å²) < 4.78 is 5.02. The standard InChI is InChI=1S/C15H10N2O4/c16-9-10(8-11-4-3-7-21-11)14(18)17-13-6-2-1-5-12(13)15(19)20/h1-8H,(H,17,18)(H,19,20)/p-1. The summed E-state index contributed by atoms with van der Waals surface area (Å²) in [4.78, 5) is 22.9. The highest BCUT2D eigenvalue weighted by atomic mass is 16.4. The highest BCUT2D eigenvalue weighted by Gasteiger charge is 2.12. The molecule has 0 aliphatic rings. The van der Waals surface area contributed by atoms with Gasteiger partial charge in [-0.3, -0.25) is 4.79 Å². The van der Waals surface area contributed by atoms with Crippen molar-refractivity contribution < 1.29 is 19.1 Å². The van der Waals surface area contributed by atoms with E-state index in [-0.39, 0.29) is 16.8 Å². The fourth-order valence-corrected chi connectivity index (χ4v) is 1.62. The van der Waals surface area contributed by atoms with Gasteiger partial charge in [-0.05, 0) is 18.2 Å². The number of carbonyl (C=O) groups is 2. The number of hydrogen-bond acceptors (Lipinski definition) is 5. The van der Waals surface area contributed by atoms with Crippen LogP contribution in [0, 0.1) is 11.3 Å². The molecule has 0 aliphatic heterocycles. The highest BCUT2D eigenvalue weighted by Crippen LogP contribution is 2.16. The van der Waals surface area contributed by atoms with Crippen molar-refractivity contribution in [3.63, 3.8) is 0 Å². The Kier molecular flexibility index (Phi) is 4.17. The van der Waals surface area contributed by atoms with Gasteiger partial charge >= 0.3 is 0 Å². The van der Waals surface area contributed by atoms with Crippen LogP contribution in [0.2, 0.25) is 0 Å². The fraction of sp³-hybridized carbons (Fsp3) is 0. The van der Waals surface area contributed by atoms with Gasteiger partial charge in [0.15, 0.2) is 0 Å². The molecule has 1 aromatic heterocycles.